The number of fused-ring (bicyclic) bond motifs is 1. The van der Waals surface area contributed by atoms with Crippen LogP contribution in [-0.4, -0.2) is 40.7 Å². The van der Waals surface area contributed by atoms with Crippen LogP contribution in [0.15, 0.2) is 54.9 Å². The molecule has 0 bridgehead atoms. The molecule has 1 aromatic heterocycles. The lowest BCUT2D eigenvalue weighted by molar-refractivity contribution is 0.0711. The van der Waals surface area contributed by atoms with Crippen molar-refractivity contribution in [1.29, 1.82) is 0 Å². The van der Waals surface area contributed by atoms with Gasteiger partial charge in [0.05, 0.1) is 0 Å². The number of rotatable bonds is 3. The van der Waals surface area contributed by atoms with Gasteiger partial charge in [-0.25, -0.2) is 4.98 Å². The highest BCUT2D eigenvalue weighted by Crippen LogP contribution is 2.41. The molecule has 0 spiro atoms. The van der Waals surface area contributed by atoms with Gasteiger partial charge in [0.15, 0.2) is 11.5 Å². The Morgan fingerprint density at radius 3 is 2.64 bits per heavy atom. The maximum atomic E-state index is 12.9. The average Bonchev–Trinajstić information content (AvgIpc) is 3.45. The number of carbonyl (C=O) groups excluding carboxylic acids is 1. The lowest BCUT2D eigenvalue weighted by Gasteiger charge is -2.31. The van der Waals surface area contributed by atoms with Gasteiger partial charge in [-0.15, -0.1) is 0 Å². The van der Waals surface area contributed by atoms with Gasteiger partial charge in [0.2, 0.25) is 6.79 Å². The number of piperidine rings is 1. The second kappa shape index (κ2) is 7.03. The van der Waals surface area contributed by atoms with Crippen molar-refractivity contribution in [2.75, 3.05) is 19.9 Å². The Hall–Kier alpha value is -3.28. The van der Waals surface area contributed by atoms with Crippen LogP contribution in [0.5, 0.6) is 11.5 Å². The lowest BCUT2D eigenvalue weighted by atomic mass is 9.95. The molecular weight excluding hydrogens is 354 g/mol. The number of aromatic nitrogens is 2. The summed E-state index contributed by atoms with van der Waals surface area (Å²) in [5.41, 5.74) is 2.70. The van der Waals surface area contributed by atoms with Crippen LogP contribution in [-0.2, 0) is 0 Å². The van der Waals surface area contributed by atoms with Crippen molar-refractivity contribution in [3.8, 4) is 22.6 Å². The molecule has 2 aliphatic heterocycles. The number of H-pyrrole nitrogens is 1. The number of benzene rings is 2. The summed E-state index contributed by atoms with van der Waals surface area (Å²) in [6, 6.07) is 13.6. The summed E-state index contributed by atoms with van der Waals surface area (Å²) >= 11 is 0. The summed E-state index contributed by atoms with van der Waals surface area (Å²) in [4.78, 5) is 22.4. The Morgan fingerprint density at radius 1 is 1.07 bits per heavy atom. The number of nitrogens with zero attached hydrogens (tertiary/aromatic N) is 2. The maximum absolute atomic E-state index is 12.9. The molecule has 2 aliphatic rings. The SMILES string of the molecule is O=C(c1ccc(-c2cccc3c2OCO3)cc1)N1CCC(c2ncc[nH]2)CC1. The van der Waals surface area contributed by atoms with Gasteiger partial charge in [-0.2, -0.15) is 0 Å². The zero-order valence-electron chi connectivity index (χ0n) is 15.4. The van der Waals surface area contributed by atoms with Crippen molar-refractivity contribution in [2.45, 2.75) is 18.8 Å². The third kappa shape index (κ3) is 3.01. The zero-order chi connectivity index (χ0) is 18.9. The molecule has 1 amide bonds. The summed E-state index contributed by atoms with van der Waals surface area (Å²) in [7, 11) is 0. The highest BCUT2D eigenvalue weighted by Gasteiger charge is 2.26. The molecular formula is C22H21N3O3. The Labute approximate surface area is 163 Å². The molecule has 5 rings (SSSR count). The van der Waals surface area contributed by atoms with Gasteiger partial charge in [-0.3, -0.25) is 4.79 Å². The molecule has 0 aliphatic carbocycles. The van der Waals surface area contributed by atoms with E-state index in [0.717, 1.165) is 54.4 Å². The third-order valence-electron chi connectivity index (χ3n) is 5.53. The molecule has 0 atom stereocenters. The van der Waals surface area contributed by atoms with Crippen molar-refractivity contribution in [3.05, 3.63) is 66.2 Å². The van der Waals surface area contributed by atoms with Crippen molar-refractivity contribution < 1.29 is 14.3 Å². The smallest absolute Gasteiger partial charge is 0.253 e. The first-order chi connectivity index (χ1) is 13.8. The van der Waals surface area contributed by atoms with Crippen molar-refractivity contribution >= 4 is 5.91 Å². The summed E-state index contributed by atoms with van der Waals surface area (Å²) in [5.74, 6) is 3.04. The van der Waals surface area contributed by atoms with Crippen molar-refractivity contribution in [3.63, 3.8) is 0 Å². The fourth-order valence-corrected chi connectivity index (χ4v) is 3.99. The standard InChI is InChI=1S/C22H21N3O3/c26-22(25-12-8-16(9-13-25)21-23-10-11-24-21)17-6-4-15(5-7-17)18-2-1-3-19-20(18)28-14-27-19/h1-7,10-11,16H,8-9,12-14H2,(H,23,24). The molecule has 1 N–H and O–H groups in total. The number of para-hydroxylation sites is 1. The molecule has 28 heavy (non-hydrogen) atoms. The Balaban J connectivity index is 1.29. The van der Waals surface area contributed by atoms with Gasteiger partial charge in [0, 0.05) is 42.5 Å². The van der Waals surface area contributed by atoms with Crippen LogP contribution in [0.25, 0.3) is 11.1 Å². The van der Waals surface area contributed by atoms with Gasteiger partial charge < -0.3 is 19.4 Å². The van der Waals surface area contributed by atoms with E-state index in [-0.39, 0.29) is 12.7 Å². The van der Waals surface area contributed by atoms with Gasteiger partial charge in [-0.1, -0.05) is 24.3 Å². The minimum Gasteiger partial charge on any atom is -0.454 e. The van der Waals surface area contributed by atoms with E-state index in [0.29, 0.717) is 11.5 Å². The fraction of sp³-hybridized carbons (Fsp3) is 0.273. The summed E-state index contributed by atoms with van der Waals surface area (Å²) in [6.07, 6.45) is 5.51. The minimum atomic E-state index is 0.0855. The van der Waals surface area contributed by atoms with Crippen LogP contribution in [0.4, 0.5) is 0 Å². The molecule has 6 heteroatoms. The minimum absolute atomic E-state index is 0.0855. The molecule has 1 fully saturated rings. The van der Waals surface area contributed by atoms with E-state index in [9.17, 15) is 4.79 Å². The largest absolute Gasteiger partial charge is 0.454 e. The maximum Gasteiger partial charge on any atom is 0.253 e. The fourth-order valence-electron chi connectivity index (χ4n) is 3.99. The van der Waals surface area contributed by atoms with Gasteiger partial charge in [-0.05, 0) is 36.6 Å². The summed E-state index contributed by atoms with van der Waals surface area (Å²) in [6.45, 7) is 1.75. The number of ether oxygens (including phenoxy) is 2. The molecule has 6 nitrogen and oxygen atoms in total. The highest BCUT2D eigenvalue weighted by molar-refractivity contribution is 5.95. The van der Waals surface area contributed by atoms with E-state index in [4.69, 9.17) is 9.47 Å². The zero-order valence-corrected chi connectivity index (χ0v) is 15.4. The lowest BCUT2D eigenvalue weighted by Crippen LogP contribution is -2.38. The molecule has 3 aromatic rings. The Morgan fingerprint density at radius 2 is 1.89 bits per heavy atom. The average molecular weight is 375 g/mol. The Bertz CT molecular complexity index is 975. The van der Waals surface area contributed by atoms with E-state index in [1.54, 1.807) is 6.20 Å². The number of amides is 1. The van der Waals surface area contributed by atoms with E-state index in [1.807, 2.05) is 53.6 Å². The number of nitrogens with one attached hydrogen (secondary N) is 1. The van der Waals surface area contributed by atoms with E-state index in [1.165, 1.54) is 0 Å². The number of hydrogen-bond donors (Lipinski definition) is 1. The molecule has 0 radical (unpaired) electrons. The number of hydrogen-bond acceptors (Lipinski definition) is 4. The van der Waals surface area contributed by atoms with E-state index < -0.39 is 0 Å². The van der Waals surface area contributed by atoms with Crippen LogP contribution < -0.4 is 9.47 Å². The first-order valence-corrected chi connectivity index (χ1v) is 9.57. The Kier molecular flexibility index (Phi) is 4.24. The van der Waals surface area contributed by atoms with Crippen molar-refractivity contribution in [2.24, 2.45) is 0 Å². The molecule has 3 heterocycles. The van der Waals surface area contributed by atoms with E-state index >= 15 is 0 Å². The second-order valence-electron chi connectivity index (χ2n) is 7.16. The predicted octanol–water partition coefficient (Wildman–Crippen LogP) is 3.83. The van der Waals surface area contributed by atoms with E-state index in [2.05, 4.69) is 9.97 Å². The molecule has 0 unspecified atom stereocenters. The second-order valence-corrected chi connectivity index (χ2v) is 7.16. The first kappa shape index (κ1) is 16.9. The molecule has 0 saturated carbocycles. The van der Waals surface area contributed by atoms with Crippen LogP contribution in [0, 0.1) is 0 Å². The number of aromatic amines is 1. The van der Waals surface area contributed by atoms with Crippen LogP contribution in [0.3, 0.4) is 0 Å². The normalized spacial score (nSPS) is 16.4. The van der Waals surface area contributed by atoms with Crippen LogP contribution in [0.1, 0.15) is 34.9 Å². The van der Waals surface area contributed by atoms with Gasteiger partial charge in [0.25, 0.3) is 5.91 Å². The predicted molar refractivity (Wildman–Crippen MR) is 104 cm³/mol. The quantitative estimate of drug-likeness (QED) is 0.756. The number of carbonyl (C=O) groups is 1. The topological polar surface area (TPSA) is 67.5 Å². The summed E-state index contributed by atoms with van der Waals surface area (Å²) < 4.78 is 11.0. The molecule has 1 saturated heterocycles. The molecule has 2 aromatic carbocycles. The van der Waals surface area contributed by atoms with Crippen LogP contribution in [0.2, 0.25) is 0 Å². The first-order valence-electron chi connectivity index (χ1n) is 9.57. The van der Waals surface area contributed by atoms with Crippen molar-refractivity contribution in [1.82, 2.24) is 14.9 Å². The highest BCUT2D eigenvalue weighted by atomic mass is 16.7. The molecule has 142 valence electrons. The number of likely N-dealkylation sites (tertiary alicyclic amines) is 1. The van der Waals surface area contributed by atoms with Gasteiger partial charge in [0.1, 0.15) is 5.82 Å². The van der Waals surface area contributed by atoms with Gasteiger partial charge >= 0.3 is 0 Å². The van der Waals surface area contributed by atoms with Crippen LogP contribution >= 0.6 is 0 Å². The summed E-state index contributed by atoms with van der Waals surface area (Å²) in [5, 5.41) is 0. The third-order valence-corrected chi connectivity index (χ3v) is 5.53. The number of imidazole rings is 1. The monoisotopic (exact) mass is 375 g/mol.